The second kappa shape index (κ2) is 2.50. The van der Waals surface area contributed by atoms with Gasteiger partial charge in [-0.1, -0.05) is 0 Å². The highest BCUT2D eigenvalue weighted by Crippen LogP contribution is 1.99. The van der Waals surface area contributed by atoms with E-state index in [1.165, 1.54) is 0 Å². The van der Waals surface area contributed by atoms with E-state index in [0.29, 0.717) is 12.2 Å². The van der Waals surface area contributed by atoms with Crippen molar-refractivity contribution in [2.75, 3.05) is 6.67 Å². The van der Waals surface area contributed by atoms with Crippen LogP contribution in [-0.4, -0.2) is 6.67 Å². The fourth-order valence-corrected chi connectivity index (χ4v) is 0.498. The minimum Gasteiger partial charge on any atom is -0.458 e. The highest BCUT2D eigenvalue weighted by molar-refractivity contribution is 4.96. The maximum Gasteiger partial charge on any atom is 0.169 e. The molecule has 0 saturated carbocycles. The molecule has 1 aromatic rings. The zero-order chi connectivity index (χ0) is 5.82. The first-order chi connectivity index (χ1) is 3.93. The Morgan fingerprint density at radius 2 is 2.62 bits per heavy atom. The lowest BCUT2D eigenvalue weighted by atomic mass is 10.4. The first kappa shape index (κ1) is 5.35. The lowest BCUT2D eigenvalue weighted by Crippen LogP contribution is -1.80. The quantitative estimate of drug-likeness (QED) is 0.567. The Balaban J connectivity index is 2.50. The van der Waals surface area contributed by atoms with Crippen LogP contribution in [0.25, 0.3) is 0 Å². The number of hydrogen-bond acceptors (Lipinski definition) is 1. The smallest absolute Gasteiger partial charge is 0.169 e. The van der Waals surface area contributed by atoms with E-state index in [-0.39, 0.29) is 6.67 Å². The molecule has 0 unspecified atom stereocenters. The summed E-state index contributed by atoms with van der Waals surface area (Å²) in [4.78, 5) is 0. The van der Waals surface area contributed by atoms with E-state index in [1.54, 1.807) is 12.1 Å². The van der Waals surface area contributed by atoms with Gasteiger partial charge in [0.05, 0.1) is 6.67 Å². The van der Waals surface area contributed by atoms with Crippen LogP contribution < -0.4 is 0 Å². The van der Waals surface area contributed by atoms with E-state index in [0.717, 1.165) is 0 Å². The van der Waals surface area contributed by atoms with E-state index >= 15 is 0 Å². The molecule has 0 atom stereocenters. The molecule has 0 aliphatic heterocycles. The summed E-state index contributed by atoms with van der Waals surface area (Å²) in [5.41, 5.74) is 0. The van der Waals surface area contributed by atoms with Crippen molar-refractivity contribution in [1.29, 1.82) is 0 Å². The Morgan fingerprint density at radius 1 is 1.75 bits per heavy atom. The topological polar surface area (TPSA) is 13.1 Å². The van der Waals surface area contributed by atoms with Crippen molar-refractivity contribution in [1.82, 2.24) is 0 Å². The normalized spacial score (nSPS) is 9.62. The molecule has 1 aromatic heterocycles. The Bertz CT molecular complexity index is 134. The number of hydrogen-bond donors (Lipinski definition) is 0. The maximum atomic E-state index is 11.5. The van der Waals surface area contributed by atoms with Crippen LogP contribution in [0.4, 0.5) is 4.39 Å². The van der Waals surface area contributed by atoms with Gasteiger partial charge in [0, 0.05) is 6.42 Å². The Labute approximate surface area is 47.1 Å². The van der Waals surface area contributed by atoms with Crippen LogP contribution in [0.2, 0.25) is 0 Å². The number of halogens is 1. The number of furan rings is 1. The van der Waals surface area contributed by atoms with Gasteiger partial charge in [0.2, 0.25) is 0 Å². The molecule has 0 amide bonds. The van der Waals surface area contributed by atoms with Crippen molar-refractivity contribution >= 4 is 0 Å². The van der Waals surface area contributed by atoms with Gasteiger partial charge in [-0.2, -0.15) is 0 Å². The molecule has 8 heavy (non-hydrogen) atoms. The first-order valence-electron chi connectivity index (χ1n) is 2.44. The number of aryl methyl sites for hydroxylation is 1. The molecule has 43 valence electrons. The highest BCUT2D eigenvalue weighted by atomic mass is 19.1. The molecule has 0 aliphatic carbocycles. The molecule has 2 heteroatoms. The first-order valence-corrected chi connectivity index (χ1v) is 2.44. The third kappa shape index (κ3) is 1.09. The zero-order valence-electron chi connectivity index (χ0n) is 4.36. The molecular weight excluding hydrogens is 107 g/mol. The van der Waals surface area contributed by atoms with Crippen molar-refractivity contribution in [3.63, 3.8) is 0 Å². The Kier molecular flexibility index (Phi) is 1.67. The second-order valence-electron chi connectivity index (χ2n) is 1.46. The standard InChI is InChI=1S/C6H6FO/c7-4-3-6-2-1-5-8-6/h1-2H,3-4H2. The van der Waals surface area contributed by atoms with Crippen LogP contribution in [0.5, 0.6) is 0 Å². The molecule has 0 fully saturated rings. The van der Waals surface area contributed by atoms with Crippen LogP contribution in [0, 0.1) is 6.26 Å². The summed E-state index contributed by atoms with van der Waals surface area (Å²) in [5.74, 6) is 0.660. The zero-order valence-corrected chi connectivity index (χ0v) is 4.36. The molecule has 0 N–H and O–H groups in total. The second-order valence-corrected chi connectivity index (χ2v) is 1.46. The predicted molar refractivity (Wildman–Crippen MR) is 27.2 cm³/mol. The summed E-state index contributed by atoms with van der Waals surface area (Å²) in [6, 6.07) is 3.34. The summed E-state index contributed by atoms with van der Waals surface area (Å²) in [6.45, 7) is -0.360. The fourth-order valence-electron chi connectivity index (χ4n) is 0.498. The molecule has 0 spiro atoms. The van der Waals surface area contributed by atoms with Gasteiger partial charge < -0.3 is 4.42 Å². The van der Waals surface area contributed by atoms with Gasteiger partial charge in [-0.3, -0.25) is 4.39 Å². The van der Waals surface area contributed by atoms with E-state index in [1.807, 2.05) is 0 Å². The molecule has 1 heterocycles. The van der Waals surface area contributed by atoms with Crippen LogP contribution in [-0.2, 0) is 6.42 Å². The molecule has 0 aromatic carbocycles. The molecule has 1 nitrogen and oxygen atoms in total. The summed E-state index contributed by atoms with van der Waals surface area (Å²) < 4.78 is 16.2. The summed E-state index contributed by atoms with van der Waals surface area (Å²) >= 11 is 0. The average molecular weight is 113 g/mol. The van der Waals surface area contributed by atoms with E-state index in [9.17, 15) is 4.39 Å². The number of alkyl halides is 1. The SMILES string of the molecule is FCCc1cc[c]o1. The molecule has 0 aliphatic rings. The van der Waals surface area contributed by atoms with Gasteiger partial charge in [-0.15, -0.1) is 0 Å². The Morgan fingerprint density at radius 3 is 3.12 bits per heavy atom. The third-order valence-electron chi connectivity index (χ3n) is 0.868. The molecule has 1 rings (SSSR count). The van der Waals surface area contributed by atoms with E-state index in [2.05, 4.69) is 6.26 Å². The van der Waals surface area contributed by atoms with Gasteiger partial charge in [0.1, 0.15) is 5.76 Å². The minimum absolute atomic E-state index is 0.360. The largest absolute Gasteiger partial charge is 0.458 e. The van der Waals surface area contributed by atoms with Gasteiger partial charge in [-0.05, 0) is 12.1 Å². The van der Waals surface area contributed by atoms with Crippen molar-refractivity contribution in [3.8, 4) is 0 Å². The lowest BCUT2D eigenvalue weighted by molar-refractivity contribution is 0.437. The van der Waals surface area contributed by atoms with Crippen molar-refractivity contribution in [2.45, 2.75) is 6.42 Å². The van der Waals surface area contributed by atoms with Crippen LogP contribution in [0.1, 0.15) is 5.76 Å². The number of rotatable bonds is 2. The predicted octanol–water partition coefficient (Wildman–Crippen LogP) is 1.59. The lowest BCUT2D eigenvalue weighted by Gasteiger charge is -1.83. The molecule has 0 saturated heterocycles. The molecule has 1 radical (unpaired) electrons. The Hall–Kier alpha value is -0.790. The van der Waals surface area contributed by atoms with Gasteiger partial charge >= 0.3 is 0 Å². The highest BCUT2D eigenvalue weighted by Gasteiger charge is 1.91. The van der Waals surface area contributed by atoms with Crippen LogP contribution >= 0.6 is 0 Å². The fraction of sp³-hybridized carbons (Fsp3) is 0.333. The molecular formula is C6H6FO. The third-order valence-corrected chi connectivity index (χ3v) is 0.868. The molecule has 0 bridgehead atoms. The summed E-state index contributed by atoms with van der Waals surface area (Å²) in [6.07, 6.45) is 2.84. The van der Waals surface area contributed by atoms with Crippen molar-refractivity contribution < 1.29 is 8.81 Å². The summed E-state index contributed by atoms with van der Waals surface area (Å²) in [5, 5.41) is 0. The van der Waals surface area contributed by atoms with Gasteiger partial charge in [0.15, 0.2) is 6.26 Å². The van der Waals surface area contributed by atoms with Gasteiger partial charge in [-0.25, -0.2) is 0 Å². The average Bonchev–Trinajstić information content (AvgIpc) is 2.19. The van der Waals surface area contributed by atoms with Crippen LogP contribution in [0.3, 0.4) is 0 Å². The van der Waals surface area contributed by atoms with Crippen LogP contribution in [0.15, 0.2) is 16.5 Å². The van der Waals surface area contributed by atoms with Gasteiger partial charge in [0.25, 0.3) is 0 Å². The van der Waals surface area contributed by atoms with E-state index in [4.69, 9.17) is 4.42 Å². The monoisotopic (exact) mass is 113 g/mol. The van der Waals surface area contributed by atoms with Crippen molar-refractivity contribution in [2.24, 2.45) is 0 Å². The summed E-state index contributed by atoms with van der Waals surface area (Å²) in [7, 11) is 0. The maximum absolute atomic E-state index is 11.5. The minimum atomic E-state index is -0.360. The van der Waals surface area contributed by atoms with E-state index < -0.39 is 0 Å². The van der Waals surface area contributed by atoms with Crippen molar-refractivity contribution in [3.05, 3.63) is 24.2 Å².